The molecule has 0 aromatic heterocycles. The second-order valence-corrected chi connectivity index (χ2v) is 8.81. The van der Waals surface area contributed by atoms with Crippen LogP contribution in [0.1, 0.15) is 42.1 Å². The third kappa shape index (κ3) is 3.15. The molecule has 2 aromatic carbocycles. The van der Waals surface area contributed by atoms with Gasteiger partial charge in [0.1, 0.15) is 11.7 Å². The average Bonchev–Trinajstić information content (AvgIpc) is 3.49. The predicted molar refractivity (Wildman–Crippen MR) is 118 cm³/mol. The van der Waals surface area contributed by atoms with E-state index in [-0.39, 0.29) is 12.7 Å². The minimum atomic E-state index is -0.136. The molecule has 2 saturated heterocycles. The molecule has 0 saturated carbocycles. The van der Waals surface area contributed by atoms with Crippen LogP contribution in [0.3, 0.4) is 0 Å². The summed E-state index contributed by atoms with van der Waals surface area (Å²) < 4.78 is 11.8. The number of hydrogen-bond acceptors (Lipinski definition) is 4. The number of likely N-dealkylation sites (tertiary alicyclic amines) is 1. The summed E-state index contributed by atoms with van der Waals surface area (Å²) in [5.74, 6) is 1.17. The lowest BCUT2D eigenvalue weighted by atomic mass is 10.0. The maximum Gasteiger partial charge on any atom is 0.255 e. The van der Waals surface area contributed by atoms with Gasteiger partial charge >= 0.3 is 0 Å². The van der Waals surface area contributed by atoms with E-state index in [1.54, 1.807) is 18.2 Å². The van der Waals surface area contributed by atoms with E-state index in [1.165, 1.54) is 31.5 Å². The van der Waals surface area contributed by atoms with Gasteiger partial charge in [-0.1, -0.05) is 0 Å². The summed E-state index contributed by atoms with van der Waals surface area (Å²) >= 11 is 0. The number of fused-ring (bicyclic) bond motifs is 1. The molecule has 2 aromatic rings. The maximum absolute atomic E-state index is 12.8. The van der Waals surface area contributed by atoms with Gasteiger partial charge < -0.3 is 20.1 Å². The van der Waals surface area contributed by atoms with Crippen molar-refractivity contribution in [3.8, 4) is 11.5 Å². The highest BCUT2D eigenvalue weighted by molar-refractivity contribution is 6.05. The van der Waals surface area contributed by atoms with Crippen LogP contribution in [0.2, 0.25) is 0 Å². The Morgan fingerprint density at radius 2 is 2.00 bits per heavy atom. The third-order valence-electron chi connectivity index (χ3n) is 7.20. The first kappa shape index (κ1) is 19.4. The Bertz CT molecular complexity index is 970. The predicted octanol–water partition coefficient (Wildman–Crippen LogP) is 3.83. The average molecular weight is 409 g/mol. The topological polar surface area (TPSA) is 59.6 Å². The smallest absolute Gasteiger partial charge is 0.255 e. The molecule has 30 heavy (non-hydrogen) atoms. The second-order valence-electron chi connectivity index (χ2n) is 8.81. The van der Waals surface area contributed by atoms with Crippen molar-refractivity contribution in [2.45, 2.75) is 45.2 Å². The lowest BCUT2D eigenvalue weighted by Crippen LogP contribution is -2.59. The lowest BCUT2D eigenvalue weighted by Gasteiger charge is -2.43. The molecule has 0 spiro atoms. The molecule has 1 amide bonds. The number of rotatable bonds is 4. The van der Waals surface area contributed by atoms with Crippen LogP contribution in [0.5, 0.6) is 11.5 Å². The summed E-state index contributed by atoms with van der Waals surface area (Å²) in [6, 6.07) is 13.1. The van der Waals surface area contributed by atoms with Crippen LogP contribution in [0.25, 0.3) is 0 Å². The fourth-order valence-electron chi connectivity index (χ4n) is 5.55. The Labute approximate surface area is 177 Å². The fraction of sp³-hybridized carbons (Fsp3) is 0.458. The number of amides is 1. The number of aryl methyl sites for hydroxylation is 1. The first-order valence-electron chi connectivity index (χ1n) is 11.0. The highest BCUT2D eigenvalue weighted by Gasteiger charge is 2.48. The van der Waals surface area contributed by atoms with Crippen LogP contribution < -0.4 is 24.6 Å². The molecule has 0 aliphatic carbocycles. The van der Waals surface area contributed by atoms with Crippen molar-refractivity contribution in [3.63, 3.8) is 0 Å². The van der Waals surface area contributed by atoms with Crippen molar-refractivity contribution in [3.05, 3.63) is 47.5 Å². The zero-order valence-electron chi connectivity index (χ0n) is 17.7. The van der Waals surface area contributed by atoms with Crippen LogP contribution in [0.4, 0.5) is 11.4 Å². The molecule has 3 aliphatic heterocycles. The number of nitrogens with one attached hydrogen (secondary N) is 2. The molecule has 3 aliphatic rings. The second kappa shape index (κ2) is 7.60. The van der Waals surface area contributed by atoms with Crippen LogP contribution in [-0.2, 0) is 0 Å². The molecule has 3 unspecified atom stereocenters. The molecule has 2 N–H and O–H groups in total. The van der Waals surface area contributed by atoms with Gasteiger partial charge in [0.05, 0.1) is 12.6 Å². The van der Waals surface area contributed by atoms with Crippen LogP contribution in [-0.4, -0.2) is 44.4 Å². The molecule has 0 bridgehead atoms. The molecule has 3 atom stereocenters. The van der Waals surface area contributed by atoms with Crippen molar-refractivity contribution >= 4 is 17.3 Å². The Hall–Kier alpha value is -2.57. The Kier molecular flexibility index (Phi) is 4.91. The summed E-state index contributed by atoms with van der Waals surface area (Å²) in [6.07, 6.45) is 3.78. The highest BCUT2D eigenvalue weighted by atomic mass is 16.7. The molecule has 6 nitrogen and oxygen atoms in total. The molecule has 158 valence electrons. The lowest BCUT2D eigenvalue weighted by molar-refractivity contribution is 0.102. The monoisotopic (exact) mass is 408 g/mol. The molecular weight excluding hydrogens is 378 g/mol. The summed E-state index contributed by atoms with van der Waals surface area (Å²) in [5, 5.41) is 6.63. The van der Waals surface area contributed by atoms with E-state index in [9.17, 15) is 4.79 Å². The number of ether oxygens (including phenoxy) is 2. The van der Waals surface area contributed by atoms with Gasteiger partial charge in [0, 0.05) is 55.7 Å². The molecular formula is C24H30N3O3+. The van der Waals surface area contributed by atoms with E-state index in [4.69, 9.17) is 9.47 Å². The minimum absolute atomic E-state index is 0.136. The van der Waals surface area contributed by atoms with E-state index >= 15 is 0 Å². The van der Waals surface area contributed by atoms with E-state index in [2.05, 4.69) is 42.7 Å². The highest BCUT2D eigenvalue weighted by Crippen LogP contribution is 2.40. The number of carbonyl (C=O) groups excluding carboxylic acids is 1. The van der Waals surface area contributed by atoms with Crippen molar-refractivity contribution in [2.24, 2.45) is 0 Å². The maximum atomic E-state index is 12.8. The van der Waals surface area contributed by atoms with Gasteiger partial charge in [0.2, 0.25) is 6.79 Å². The number of hydrogen-bond donors (Lipinski definition) is 2. The number of benzene rings is 2. The van der Waals surface area contributed by atoms with Crippen LogP contribution in [0.15, 0.2) is 36.4 Å². The van der Waals surface area contributed by atoms with Gasteiger partial charge in [-0.3, -0.25) is 9.28 Å². The van der Waals surface area contributed by atoms with E-state index < -0.39 is 0 Å². The number of anilines is 1. The van der Waals surface area contributed by atoms with Crippen molar-refractivity contribution in [1.82, 2.24) is 9.80 Å². The quantitative estimate of drug-likeness (QED) is 0.755. The van der Waals surface area contributed by atoms with Gasteiger partial charge in [-0.05, 0) is 43.7 Å². The zero-order valence-corrected chi connectivity index (χ0v) is 17.7. The summed E-state index contributed by atoms with van der Waals surface area (Å²) in [6.45, 7) is 8.09. The molecule has 5 rings (SSSR count). The Morgan fingerprint density at radius 3 is 2.73 bits per heavy atom. The van der Waals surface area contributed by atoms with Crippen molar-refractivity contribution in [2.75, 3.05) is 31.7 Å². The van der Waals surface area contributed by atoms with Gasteiger partial charge in [0.25, 0.3) is 5.91 Å². The van der Waals surface area contributed by atoms with E-state index in [1.807, 2.05) is 0 Å². The molecule has 2 fully saturated rings. The fourth-order valence-corrected chi connectivity index (χ4v) is 5.55. The summed E-state index contributed by atoms with van der Waals surface area (Å²) in [5.41, 5.74) is 3.91. The molecule has 6 heteroatoms. The van der Waals surface area contributed by atoms with Gasteiger partial charge in [-0.25, -0.2) is 0 Å². The van der Waals surface area contributed by atoms with Gasteiger partial charge in [-0.2, -0.15) is 0 Å². The number of quaternary nitrogens is 1. The molecule has 3 heterocycles. The van der Waals surface area contributed by atoms with Crippen molar-refractivity contribution < 1.29 is 14.3 Å². The molecule has 0 radical (unpaired) electrons. The standard InChI is InChI=1S/C24H29N3O3/c1-16-12-19(27(11-3-4-17(27)2)20-9-10-25-14-20)6-7-21(16)26-24(28)18-5-8-22-23(13-18)30-15-29-22/h5-8,12-13,17,20,25H,3-4,9-11,14-15H2,1-2H3/p+1. The first-order valence-corrected chi connectivity index (χ1v) is 11.0. The third-order valence-corrected chi connectivity index (χ3v) is 7.20. The minimum Gasteiger partial charge on any atom is -0.454 e. The van der Waals surface area contributed by atoms with Crippen LogP contribution >= 0.6 is 0 Å². The summed E-state index contributed by atoms with van der Waals surface area (Å²) in [4.78, 5) is 12.8. The van der Waals surface area contributed by atoms with Crippen LogP contribution in [0, 0.1) is 6.92 Å². The van der Waals surface area contributed by atoms with E-state index in [0.717, 1.165) is 28.8 Å². The van der Waals surface area contributed by atoms with Crippen molar-refractivity contribution in [1.29, 1.82) is 0 Å². The number of nitrogens with zero attached hydrogens (tertiary/aromatic N) is 1. The van der Waals surface area contributed by atoms with Gasteiger partial charge in [-0.15, -0.1) is 0 Å². The Morgan fingerprint density at radius 1 is 1.13 bits per heavy atom. The Balaban J connectivity index is 1.40. The van der Waals surface area contributed by atoms with E-state index in [0.29, 0.717) is 29.1 Å². The van der Waals surface area contributed by atoms with Gasteiger partial charge in [0.15, 0.2) is 11.5 Å². The number of carbonyl (C=O) groups is 1. The summed E-state index contributed by atoms with van der Waals surface area (Å²) in [7, 11) is 0. The normalized spacial score (nSPS) is 27.4. The zero-order chi connectivity index (χ0) is 20.7. The first-order chi connectivity index (χ1) is 14.6. The largest absolute Gasteiger partial charge is 0.454 e. The SMILES string of the molecule is Cc1cc([N+]2(C3CCNC3)CCCC2C)ccc1NC(=O)c1ccc2c(c1)OCO2.